The fourth-order valence-corrected chi connectivity index (χ4v) is 4.29. The van der Waals surface area contributed by atoms with Gasteiger partial charge in [-0.15, -0.1) is 0 Å². The molecule has 0 atom stereocenters. The van der Waals surface area contributed by atoms with E-state index in [2.05, 4.69) is 34.5 Å². The van der Waals surface area contributed by atoms with Crippen molar-refractivity contribution in [3.63, 3.8) is 0 Å². The molecule has 0 bridgehead atoms. The number of benzene rings is 1. The van der Waals surface area contributed by atoms with Crippen LogP contribution in [0, 0.1) is 5.82 Å². The molecule has 0 amide bonds. The molecule has 2 rings (SSSR count). The molecule has 0 unspecified atom stereocenters. The van der Waals surface area contributed by atoms with Crippen molar-refractivity contribution in [2.24, 2.45) is 4.99 Å². The molecular weight excluding hydrogens is 401 g/mol. The minimum absolute atomic E-state index is 0.177. The Hall–Kier alpha value is -2.34. The van der Waals surface area contributed by atoms with Gasteiger partial charge in [0.25, 0.3) is 0 Å². The van der Waals surface area contributed by atoms with Gasteiger partial charge in [0.2, 0.25) is 0 Å². The van der Waals surface area contributed by atoms with Crippen LogP contribution in [0.4, 0.5) is 15.8 Å². The summed E-state index contributed by atoms with van der Waals surface area (Å²) in [4.78, 5) is 6.47. The van der Waals surface area contributed by atoms with Gasteiger partial charge in [-0.05, 0) is 58.6 Å². The minimum atomic E-state index is -0.177. The zero-order valence-electron chi connectivity index (χ0n) is 21.0. The highest BCUT2D eigenvalue weighted by Gasteiger charge is 2.23. The molecule has 1 heterocycles. The lowest BCUT2D eigenvalue weighted by Gasteiger charge is -2.36. The second kappa shape index (κ2) is 12.6. The number of hydrogen-bond donors (Lipinski definition) is 2. The summed E-state index contributed by atoms with van der Waals surface area (Å²) in [7, 11) is 3.69. The van der Waals surface area contributed by atoms with Crippen LogP contribution in [-0.2, 0) is 0 Å². The molecule has 1 aliphatic rings. The number of anilines is 2. The van der Waals surface area contributed by atoms with Gasteiger partial charge in [0.15, 0.2) is 0 Å². The van der Waals surface area contributed by atoms with Gasteiger partial charge >= 0.3 is 0 Å². The van der Waals surface area contributed by atoms with Gasteiger partial charge in [0.1, 0.15) is 5.82 Å². The zero-order chi connectivity index (χ0) is 23.7. The van der Waals surface area contributed by atoms with Crippen molar-refractivity contribution in [3.05, 3.63) is 47.4 Å². The van der Waals surface area contributed by atoms with E-state index in [-0.39, 0.29) is 5.82 Å². The Morgan fingerprint density at radius 3 is 2.44 bits per heavy atom. The molecule has 0 aromatic heterocycles. The van der Waals surface area contributed by atoms with Crippen molar-refractivity contribution in [2.75, 3.05) is 37.1 Å². The zero-order valence-corrected chi connectivity index (χ0v) is 21.0. The lowest BCUT2D eigenvalue weighted by Crippen LogP contribution is -2.46. The topological polar surface area (TPSA) is 42.9 Å². The van der Waals surface area contributed by atoms with Crippen molar-refractivity contribution in [3.8, 4) is 0 Å². The number of rotatable bonds is 10. The third-order valence-corrected chi connectivity index (χ3v) is 6.41. The van der Waals surface area contributed by atoms with Gasteiger partial charge in [-0.3, -0.25) is 10.0 Å². The summed E-state index contributed by atoms with van der Waals surface area (Å²) < 4.78 is 15.1. The summed E-state index contributed by atoms with van der Waals surface area (Å²) in [6.07, 6.45) is 8.44. The second-order valence-corrected chi connectivity index (χ2v) is 8.60. The van der Waals surface area contributed by atoms with Crippen molar-refractivity contribution in [1.82, 2.24) is 10.7 Å². The fourth-order valence-electron chi connectivity index (χ4n) is 4.29. The number of aliphatic imine (C=N–C) groups is 1. The van der Waals surface area contributed by atoms with Crippen LogP contribution in [0.25, 0.3) is 0 Å². The van der Waals surface area contributed by atoms with E-state index in [1.54, 1.807) is 13.1 Å². The lowest BCUT2D eigenvalue weighted by atomic mass is 10.0. The van der Waals surface area contributed by atoms with Crippen LogP contribution < -0.4 is 20.7 Å². The molecule has 6 heteroatoms. The first-order valence-corrected chi connectivity index (χ1v) is 11.9. The smallest absolute Gasteiger partial charge is 0.148 e. The highest BCUT2D eigenvalue weighted by atomic mass is 19.1. The molecule has 0 radical (unpaired) electrons. The molecule has 1 fully saturated rings. The van der Waals surface area contributed by atoms with E-state index in [9.17, 15) is 0 Å². The molecule has 0 saturated carbocycles. The van der Waals surface area contributed by atoms with E-state index in [1.165, 1.54) is 0 Å². The normalized spacial score (nSPS) is 16.7. The van der Waals surface area contributed by atoms with Crippen LogP contribution in [-0.4, -0.2) is 45.0 Å². The third kappa shape index (κ3) is 6.83. The maximum atomic E-state index is 15.1. The van der Waals surface area contributed by atoms with Crippen LogP contribution >= 0.6 is 0 Å². The number of allylic oxidation sites excluding steroid dienone is 4. The van der Waals surface area contributed by atoms with Crippen LogP contribution in [0.3, 0.4) is 0 Å². The summed E-state index contributed by atoms with van der Waals surface area (Å²) in [5, 5.41) is 5.61. The van der Waals surface area contributed by atoms with Crippen molar-refractivity contribution < 1.29 is 4.39 Å². The molecule has 2 N–H and O–H groups in total. The van der Waals surface area contributed by atoms with E-state index in [4.69, 9.17) is 0 Å². The Labute approximate surface area is 194 Å². The maximum absolute atomic E-state index is 15.1. The molecule has 1 saturated heterocycles. The molecule has 32 heavy (non-hydrogen) atoms. The lowest BCUT2D eigenvalue weighted by molar-refractivity contribution is 0.353. The van der Waals surface area contributed by atoms with E-state index in [1.807, 2.05) is 57.1 Å². The molecule has 1 aliphatic heterocycles. The molecule has 0 aliphatic carbocycles. The van der Waals surface area contributed by atoms with Gasteiger partial charge in [-0.1, -0.05) is 26.0 Å². The average Bonchev–Trinajstić information content (AvgIpc) is 2.80. The SMILES string of the molecule is C/C=C\C(C(C)=NC)=C(\C)NN(C)c1ccc(N2CCC(NC(CC)CC)CC2)c(F)c1. The number of nitrogens with zero attached hydrogens (tertiary/aromatic N) is 3. The Bertz CT molecular complexity index is 818. The fraction of sp³-hybridized carbons (Fsp3) is 0.577. The number of hydrogen-bond acceptors (Lipinski definition) is 5. The van der Waals surface area contributed by atoms with E-state index in [0.717, 1.165) is 61.4 Å². The van der Waals surface area contributed by atoms with E-state index in [0.29, 0.717) is 17.8 Å². The van der Waals surface area contributed by atoms with E-state index < -0.39 is 0 Å². The Morgan fingerprint density at radius 2 is 1.91 bits per heavy atom. The largest absolute Gasteiger partial charge is 0.369 e. The third-order valence-electron chi connectivity index (χ3n) is 6.41. The monoisotopic (exact) mass is 443 g/mol. The molecule has 0 spiro atoms. The predicted molar refractivity (Wildman–Crippen MR) is 137 cm³/mol. The Morgan fingerprint density at radius 1 is 1.25 bits per heavy atom. The predicted octanol–water partition coefficient (Wildman–Crippen LogP) is 5.45. The first-order valence-electron chi connectivity index (χ1n) is 11.9. The molecule has 1 aromatic rings. The van der Waals surface area contributed by atoms with E-state index >= 15 is 4.39 Å². The van der Waals surface area contributed by atoms with Gasteiger partial charge in [0.05, 0.1) is 11.4 Å². The minimum Gasteiger partial charge on any atom is -0.369 e. The first kappa shape index (κ1) is 25.9. The number of halogens is 1. The summed E-state index contributed by atoms with van der Waals surface area (Å²) in [6.45, 7) is 12.2. The Balaban J connectivity index is 2.06. The van der Waals surface area contributed by atoms with Gasteiger partial charge in [-0.2, -0.15) is 0 Å². The van der Waals surface area contributed by atoms with Gasteiger partial charge in [0, 0.05) is 62.3 Å². The summed E-state index contributed by atoms with van der Waals surface area (Å²) in [5.74, 6) is -0.177. The Kier molecular flexibility index (Phi) is 10.2. The highest BCUT2D eigenvalue weighted by Crippen LogP contribution is 2.27. The van der Waals surface area contributed by atoms with Crippen molar-refractivity contribution in [1.29, 1.82) is 0 Å². The second-order valence-electron chi connectivity index (χ2n) is 8.60. The number of hydrazine groups is 1. The summed E-state index contributed by atoms with van der Waals surface area (Å²) in [5.41, 5.74) is 7.77. The molecular formula is C26H42FN5. The maximum Gasteiger partial charge on any atom is 0.148 e. The summed E-state index contributed by atoms with van der Waals surface area (Å²) >= 11 is 0. The van der Waals surface area contributed by atoms with Gasteiger partial charge < -0.3 is 15.6 Å². The molecule has 178 valence electrons. The van der Waals surface area contributed by atoms with Crippen LogP contribution in [0.5, 0.6) is 0 Å². The number of nitrogens with one attached hydrogen (secondary N) is 2. The van der Waals surface area contributed by atoms with Crippen molar-refractivity contribution >= 4 is 17.1 Å². The van der Waals surface area contributed by atoms with Crippen LogP contribution in [0.1, 0.15) is 60.3 Å². The molecule has 1 aromatic carbocycles. The molecule has 5 nitrogen and oxygen atoms in total. The average molecular weight is 444 g/mol. The van der Waals surface area contributed by atoms with Gasteiger partial charge in [-0.25, -0.2) is 4.39 Å². The number of piperidine rings is 1. The van der Waals surface area contributed by atoms with Crippen molar-refractivity contribution in [2.45, 2.75) is 72.4 Å². The quantitative estimate of drug-likeness (QED) is 0.286. The highest BCUT2D eigenvalue weighted by molar-refractivity contribution is 6.01. The summed E-state index contributed by atoms with van der Waals surface area (Å²) in [6, 6.07) is 6.61. The van der Waals surface area contributed by atoms with Crippen LogP contribution in [0.2, 0.25) is 0 Å². The standard InChI is InChI=1S/C26H42FN5/c1-8-11-24(19(4)28-6)20(5)30-31(7)23-12-13-26(25(27)18-23)32-16-14-22(15-17-32)29-21(9-2)10-3/h8,11-13,18,21-22,29-30H,9-10,14-17H2,1-7H3/b11-8-,24-20+,28-19?. The van der Waals surface area contributed by atoms with Crippen LogP contribution in [0.15, 0.2) is 46.6 Å². The first-order chi connectivity index (χ1) is 15.3.